The van der Waals surface area contributed by atoms with Gasteiger partial charge in [0, 0.05) is 18.9 Å². The molecule has 2 rings (SSSR count). The number of rotatable bonds is 7. The Balaban J connectivity index is 1.83. The molecular formula is C16H18N2O2. The van der Waals surface area contributed by atoms with Crippen molar-refractivity contribution in [1.29, 1.82) is 0 Å². The van der Waals surface area contributed by atoms with E-state index >= 15 is 0 Å². The van der Waals surface area contributed by atoms with Gasteiger partial charge in [0.05, 0.1) is 5.92 Å². The Morgan fingerprint density at radius 3 is 2.65 bits per heavy atom. The van der Waals surface area contributed by atoms with Gasteiger partial charge in [0.2, 0.25) is 0 Å². The molecule has 0 amide bonds. The minimum Gasteiger partial charge on any atom is -0.481 e. The Hall–Kier alpha value is -2.20. The van der Waals surface area contributed by atoms with Crippen LogP contribution in [0.4, 0.5) is 0 Å². The highest BCUT2D eigenvalue weighted by atomic mass is 16.4. The quantitative estimate of drug-likeness (QED) is 0.756. The Labute approximate surface area is 118 Å². The van der Waals surface area contributed by atoms with E-state index in [1.165, 1.54) is 0 Å². The number of carbonyl (C=O) groups is 1. The van der Waals surface area contributed by atoms with E-state index in [2.05, 4.69) is 10.3 Å². The zero-order valence-electron chi connectivity index (χ0n) is 11.2. The van der Waals surface area contributed by atoms with Crippen LogP contribution in [0.1, 0.15) is 17.0 Å². The van der Waals surface area contributed by atoms with Crippen LogP contribution in [0.3, 0.4) is 0 Å². The van der Waals surface area contributed by atoms with Crippen LogP contribution < -0.4 is 5.32 Å². The molecule has 2 aromatic rings. The summed E-state index contributed by atoms with van der Waals surface area (Å²) in [6.07, 6.45) is 4.41. The van der Waals surface area contributed by atoms with Gasteiger partial charge in [-0.3, -0.25) is 9.78 Å². The number of nitrogens with zero attached hydrogens (tertiary/aromatic N) is 1. The summed E-state index contributed by atoms with van der Waals surface area (Å²) in [6, 6.07) is 13.2. The number of aliphatic carboxylic acids is 1. The molecule has 0 aliphatic heterocycles. The smallest absolute Gasteiger partial charge is 0.312 e. The fourth-order valence-corrected chi connectivity index (χ4v) is 2.06. The molecule has 0 radical (unpaired) electrons. The van der Waals surface area contributed by atoms with Gasteiger partial charge in [-0.15, -0.1) is 0 Å². The Morgan fingerprint density at radius 2 is 2.00 bits per heavy atom. The van der Waals surface area contributed by atoms with Crippen LogP contribution in [0.15, 0.2) is 54.9 Å². The standard InChI is InChI=1S/C16H18N2O2/c19-16(20)15(14-6-2-1-3-7-14)12-18-10-8-13-5-4-9-17-11-13/h1-7,9,11,15,18H,8,10,12H2,(H,19,20). The SMILES string of the molecule is O=C(O)C(CNCCc1cccnc1)c1ccccc1. The van der Waals surface area contributed by atoms with Gasteiger partial charge >= 0.3 is 5.97 Å². The predicted octanol–water partition coefficient (Wildman–Crippen LogP) is 2.08. The lowest BCUT2D eigenvalue weighted by molar-refractivity contribution is -0.138. The Bertz CT molecular complexity index is 529. The summed E-state index contributed by atoms with van der Waals surface area (Å²) in [5.74, 6) is -1.31. The second-order valence-corrected chi connectivity index (χ2v) is 4.62. The van der Waals surface area contributed by atoms with Crippen molar-refractivity contribution in [3.8, 4) is 0 Å². The first-order valence-electron chi connectivity index (χ1n) is 6.65. The van der Waals surface area contributed by atoms with Gasteiger partial charge in [-0.1, -0.05) is 36.4 Å². The first-order chi connectivity index (χ1) is 9.77. The highest BCUT2D eigenvalue weighted by molar-refractivity contribution is 5.76. The third kappa shape index (κ3) is 4.17. The molecule has 4 heteroatoms. The number of benzene rings is 1. The van der Waals surface area contributed by atoms with Gasteiger partial charge in [-0.25, -0.2) is 0 Å². The third-order valence-corrected chi connectivity index (χ3v) is 3.16. The minimum absolute atomic E-state index is 0.430. The van der Waals surface area contributed by atoms with E-state index in [4.69, 9.17) is 0 Å². The largest absolute Gasteiger partial charge is 0.481 e. The van der Waals surface area contributed by atoms with Crippen molar-refractivity contribution in [2.24, 2.45) is 0 Å². The normalized spacial score (nSPS) is 12.0. The number of hydrogen-bond acceptors (Lipinski definition) is 3. The van der Waals surface area contributed by atoms with Crippen LogP contribution >= 0.6 is 0 Å². The molecule has 2 N–H and O–H groups in total. The number of aromatic nitrogens is 1. The van der Waals surface area contributed by atoms with Gasteiger partial charge in [0.25, 0.3) is 0 Å². The molecular weight excluding hydrogens is 252 g/mol. The predicted molar refractivity (Wildman–Crippen MR) is 77.6 cm³/mol. The lowest BCUT2D eigenvalue weighted by Crippen LogP contribution is -2.28. The summed E-state index contributed by atoms with van der Waals surface area (Å²) in [7, 11) is 0. The molecule has 1 atom stereocenters. The van der Waals surface area contributed by atoms with Crippen LogP contribution in [0.25, 0.3) is 0 Å². The lowest BCUT2D eigenvalue weighted by Gasteiger charge is -2.13. The number of carboxylic acid groups (broad SMARTS) is 1. The second-order valence-electron chi connectivity index (χ2n) is 4.62. The van der Waals surface area contributed by atoms with Crippen LogP contribution in [-0.4, -0.2) is 29.1 Å². The number of carboxylic acids is 1. The van der Waals surface area contributed by atoms with Crippen LogP contribution in [-0.2, 0) is 11.2 Å². The van der Waals surface area contributed by atoms with E-state index in [1.807, 2.05) is 48.7 Å². The molecule has 20 heavy (non-hydrogen) atoms. The average Bonchev–Trinajstić information content (AvgIpc) is 2.49. The van der Waals surface area contributed by atoms with Crippen LogP contribution in [0.5, 0.6) is 0 Å². The third-order valence-electron chi connectivity index (χ3n) is 3.16. The molecule has 1 heterocycles. The molecule has 104 valence electrons. The molecule has 0 fully saturated rings. The fourth-order valence-electron chi connectivity index (χ4n) is 2.06. The maximum Gasteiger partial charge on any atom is 0.312 e. The molecule has 4 nitrogen and oxygen atoms in total. The Morgan fingerprint density at radius 1 is 1.20 bits per heavy atom. The van der Waals surface area contributed by atoms with E-state index < -0.39 is 11.9 Å². The number of nitrogens with one attached hydrogen (secondary N) is 1. The summed E-state index contributed by atoms with van der Waals surface area (Å²) in [4.78, 5) is 15.4. The summed E-state index contributed by atoms with van der Waals surface area (Å²) < 4.78 is 0. The van der Waals surface area contributed by atoms with E-state index in [1.54, 1.807) is 6.20 Å². The second kappa shape index (κ2) is 7.40. The molecule has 1 aromatic heterocycles. The van der Waals surface area contributed by atoms with Gasteiger partial charge in [-0.05, 0) is 30.2 Å². The van der Waals surface area contributed by atoms with E-state index in [0.29, 0.717) is 6.54 Å². The van der Waals surface area contributed by atoms with Gasteiger partial charge in [0.1, 0.15) is 0 Å². The summed E-state index contributed by atoms with van der Waals surface area (Å²) in [6.45, 7) is 1.17. The van der Waals surface area contributed by atoms with Gasteiger partial charge in [-0.2, -0.15) is 0 Å². The Kier molecular flexibility index (Phi) is 5.26. The molecule has 0 aliphatic carbocycles. The van der Waals surface area contributed by atoms with Crippen LogP contribution in [0.2, 0.25) is 0 Å². The molecule has 0 saturated carbocycles. The zero-order valence-corrected chi connectivity index (χ0v) is 11.2. The highest BCUT2D eigenvalue weighted by Gasteiger charge is 2.18. The fraction of sp³-hybridized carbons (Fsp3) is 0.250. The van der Waals surface area contributed by atoms with Crippen molar-refractivity contribution in [2.45, 2.75) is 12.3 Å². The first kappa shape index (κ1) is 14.2. The zero-order chi connectivity index (χ0) is 14.2. The summed E-state index contributed by atoms with van der Waals surface area (Å²) >= 11 is 0. The summed E-state index contributed by atoms with van der Waals surface area (Å²) in [5.41, 5.74) is 1.97. The van der Waals surface area contributed by atoms with E-state index in [0.717, 1.165) is 24.1 Å². The van der Waals surface area contributed by atoms with Crippen molar-refractivity contribution in [3.05, 3.63) is 66.0 Å². The highest BCUT2D eigenvalue weighted by Crippen LogP contribution is 2.14. The number of pyridine rings is 1. The molecule has 1 aromatic carbocycles. The first-order valence-corrected chi connectivity index (χ1v) is 6.65. The molecule has 1 unspecified atom stereocenters. The summed E-state index contributed by atoms with van der Waals surface area (Å²) in [5, 5.41) is 12.5. The molecule has 0 bridgehead atoms. The maximum absolute atomic E-state index is 11.3. The molecule has 0 aliphatic rings. The van der Waals surface area contributed by atoms with Crippen LogP contribution in [0, 0.1) is 0 Å². The minimum atomic E-state index is -0.801. The average molecular weight is 270 g/mol. The van der Waals surface area contributed by atoms with E-state index in [-0.39, 0.29) is 0 Å². The lowest BCUT2D eigenvalue weighted by atomic mass is 9.99. The molecule has 0 spiro atoms. The van der Waals surface area contributed by atoms with E-state index in [9.17, 15) is 9.90 Å². The number of hydrogen-bond donors (Lipinski definition) is 2. The molecule has 0 saturated heterocycles. The van der Waals surface area contributed by atoms with Gasteiger partial charge < -0.3 is 10.4 Å². The van der Waals surface area contributed by atoms with Crippen molar-refractivity contribution in [1.82, 2.24) is 10.3 Å². The van der Waals surface area contributed by atoms with Crippen molar-refractivity contribution >= 4 is 5.97 Å². The topological polar surface area (TPSA) is 62.2 Å². The monoisotopic (exact) mass is 270 g/mol. The van der Waals surface area contributed by atoms with Crippen molar-refractivity contribution in [2.75, 3.05) is 13.1 Å². The van der Waals surface area contributed by atoms with Crippen molar-refractivity contribution < 1.29 is 9.90 Å². The van der Waals surface area contributed by atoms with Gasteiger partial charge in [0.15, 0.2) is 0 Å². The van der Waals surface area contributed by atoms with Crippen molar-refractivity contribution in [3.63, 3.8) is 0 Å². The maximum atomic E-state index is 11.3.